The maximum atomic E-state index is 15.6. The Labute approximate surface area is 162 Å². The molecule has 8 heteroatoms. The first-order valence-corrected chi connectivity index (χ1v) is 9.26. The number of quaternary nitrogens is 1. The van der Waals surface area contributed by atoms with Gasteiger partial charge < -0.3 is 14.6 Å². The van der Waals surface area contributed by atoms with E-state index in [1.54, 1.807) is 45.2 Å². The van der Waals surface area contributed by atoms with Crippen LogP contribution in [0.5, 0.6) is 5.88 Å². The lowest BCUT2D eigenvalue weighted by Gasteiger charge is -2.53. The molecule has 146 valence electrons. The Morgan fingerprint density at radius 3 is 2.89 bits per heavy atom. The van der Waals surface area contributed by atoms with Crippen molar-refractivity contribution in [1.82, 2.24) is 9.97 Å². The van der Waals surface area contributed by atoms with E-state index in [9.17, 15) is 9.90 Å². The molecule has 0 aromatic carbocycles. The van der Waals surface area contributed by atoms with Crippen LogP contribution in [-0.2, 0) is 0 Å². The zero-order valence-electron chi connectivity index (χ0n) is 15.7. The fourth-order valence-electron chi connectivity index (χ4n) is 3.75. The van der Waals surface area contributed by atoms with Gasteiger partial charge >= 0.3 is 0 Å². The number of fused-ring (bicyclic) bond motifs is 1. The summed E-state index contributed by atoms with van der Waals surface area (Å²) in [5, 5.41) is 12.7. The predicted octanol–water partition coefficient (Wildman–Crippen LogP) is 3.12. The summed E-state index contributed by atoms with van der Waals surface area (Å²) < 4.78 is 20.9. The number of likely N-dealkylation sites (tertiary alicyclic amines) is 1. The zero-order valence-corrected chi connectivity index (χ0v) is 16.4. The quantitative estimate of drug-likeness (QED) is 0.589. The first kappa shape index (κ1) is 19.8. The number of carbonyl (C=O) groups is 1. The van der Waals surface area contributed by atoms with Crippen LogP contribution in [0, 0.1) is 0 Å². The van der Waals surface area contributed by atoms with Crippen molar-refractivity contribution in [1.29, 1.82) is 0 Å². The summed E-state index contributed by atoms with van der Waals surface area (Å²) in [6, 6.07) is 5.10. The van der Waals surface area contributed by atoms with Crippen LogP contribution in [-0.4, -0.2) is 51.4 Å². The summed E-state index contributed by atoms with van der Waals surface area (Å²) in [7, 11) is 0. The fraction of sp³-hybridized carbons (Fsp3) is 0.526. The molecule has 0 N–H and O–H groups in total. The van der Waals surface area contributed by atoms with E-state index < -0.39 is 21.8 Å². The van der Waals surface area contributed by atoms with Crippen LogP contribution in [0.3, 0.4) is 0 Å². The van der Waals surface area contributed by atoms with E-state index >= 15 is 4.39 Å². The van der Waals surface area contributed by atoms with E-state index in [-0.39, 0.29) is 30.6 Å². The Bertz CT molecular complexity index is 873. The minimum atomic E-state index is -1.82. The van der Waals surface area contributed by atoms with Crippen LogP contribution < -0.4 is 9.84 Å². The van der Waals surface area contributed by atoms with Gasteiger partial charge in [0.2, 0.25) is 5.88 Å². The number of alkyl halides is 1. The molecule has 1 saturated heterocycles. The van der Waals surface area contributed by atoms with Crippen molar-refractivity contribution in [2.24, 2.45) is 0 Å². The summed E-state index contributed by atoms with van der Waals surface area (Å²) >= 11 is 6.01. The molecule has 1 aliphatic heterocycles. The van der Waals surface area contributed by atoms with Crippen molar-refractivity contribution in [3.8, 4) is 5.88 Å². The van der Waals surface area contributed by atoms with E-state index in [0.717, 1.165) is 0 Å². The van der Waals surface area contributed by atoms with Crippen molar-refractivity contribution in [3.63, 3.8) is 0 Å². The Kier molecular flexibility index (Phi) is 5.03. The van der Waals surface area contributed by atoms with Crippen LogP contribution in [0.15, 0.2) is 24.4 Å². The van der Waals surface area contributed by atoms with E-state index in [1.165, 1.54) is 0 Å². The summed E-state index contributed by atoms with van der Waals surface area (Å²) in [4.78, 5) is 20.3. The van der Waals surface area contributed by atoms with Gasteiger partial charge in [0.05, 0.1) is 23.0 Å². The summed E-state index contributed by atoms with van der Waals surface area (Å²) in [6.07, 6.45) is 0.999. The number of hydrogen-bond acceptors (Lipinski definition) is 5. The molecule has 2 aromatic heterocycles. The molecule has 3 heterocycles. The maximum absolute atomic E-state index is 15.6. The van der Waals surface area contributed by atoms with Crippen molar-refractivity contribution in [2.75, 3.05) is 19.7 Å². The number of aromatic nitrogens is 2. The largest absolute Gasteiger partial charge is 0.498 e. The second-order valence-corrected chi connectivity index (χ2v) is 8.54. The van der Waals surface area contributed by atoms with Gasteiger partial charge in [-0.25, -0.2) is 9.37 Å². The second kappa shape index (κ2) is 6.87. The molecule has 1 amide bonds. The second-order valence-electron chi connectivity index (χ2n) is 8.15. The summed E-state index contributed by atoms with van der Waals surface area (Å²) in [6.45, 7) is 5.16. The first-order valence-electron chi connectivity index (χ1n) is 8.88. The highest BCUT2D eigenvalue weighted by Gasteiger charge is 2.53. The highest BCUT2D eigenvalue weighted by Crippen LogP contribution is 2.37. The maximum Gasteiger partial charge on any atom is 0.257 e. The van der Waals surface area contributed by atoms with Gasteiger partial charge in [0.1, 0.15) is 18.3 Å². The zero-order chi connectivity index (χ0) is 19.9. The lowest BCUT2D eigenvalue weighted by molar-refractivity contribution is -0.929. The number of amides is 1. The molecule has 1 unspecified atom stereocenters. The number of carboxylic acid groups (broad SMARTS) is 1. The Balaban J connectivity index is 1.87. The molecule has 0 radical (unpaired) electrons. The lowest BCUT2D eigenvalue weighted by Crippen LogP contribution is -2.73. The van der Waals surface area contributed by atoms with Crippen molar-refractivity contribution < 1.29 is 23.5 Å². The highest BCUT2D eigenvalue weighted by molar-refractivity contribution is 6.30. The Hall–Kier alpha value is -1.99. The number of pyridine rings is 2. The van der Waals surface area contributed by atoms with Gasteiger partial charge in [0.25, 0.3) is 6.09 Å². The SMILES string of the molecule is CC(C)(C)[N+]1(C(=O)[O-])CCC[C@@](F)(COc2nc(Cl)cc3ncccc23)C1. The molecule has 6 nitrogen and oxygen atoms in total. The van der Waals surface area contributed by atoms with Gasteiger partial charge in [-0.3, -0.25) is 9.47 Å². The molecule has 2 aromatic rings. The standard InChI is InChI=1S/C19H23ClFN3O3/c1-18(2,3)24(17(25)26)9-5-7-19(21,11-24)12-27-16-13-6-4-8-22-14(13)10-15(20)23-16/h4,6,8,10H,5,7,9,11-12H2,1-3H3/t19-,24?/m0/s1. The van der Waals surface area contributed by atoms with Gasteiger partial charge in [-0.15, -0.1) is 0 Å². The van der Waals surface area contributed by atoms with Crippen LogP contribution in [0.2, 0.25) is 5.15 Å². The minimum absolute atomic E-state index is 0.190. The summed E-state index contributed by atoms with van der Waals surface area (Å²) in [5.74, 6) is 0.190. The third kappa shape index (κ3) is 3.71. The average Bonchev–Trinajstić information content (AvgIpc) is 2.58. The number of ether oxygens (including phenoxy) is 1. The smallest absolute Gasteiger partial charge is 0.257 e. The van der Waals surface area contributed by atoms with Crippen LogP contribution in [0.25, 0.3) is 10.9 Å². The summed E-state index contributed by atoms with van der Waals surface area (Å²) in [5.41, 5.74) is -1.91. The number of nitrogens with zero attached hydrogens (tertiary/aromatic N) is 3. The van der Waals surface area contributed by atoms with E-state index in [4.69, 9.17) is 16.3 Å². The molecule has 0 saturated carbocycles. The van der Waals surface area contributed by atoms with E-state index in [2.05, 4.69) is 9.97 Å². The molecule has 0 aliphatic carbocycles. The topological polar surface area (TPSA) is 75.1 Å². The first-order chi connectivity index (χ1) is 12.6. The number of piperidine rings is 1. The monoisotopic (exact) mass is 395 g/mol. The van der Waals surface area contributed by atoms with Gasteiger partial charge in [-0.2, -0.15) is 0 Å². The predicted molar refractivity (Wildman–Crippen MR) is 98.3 cm³/mol. The van der Waals surface area contributed by atoms with Crippen molar-refractivity contribution >= 4 is 28.6 Å². The Morgan fingerprint density at radius 1 is 1.48 bits per heavy atom. The normalized spacial score (nSPS) is 26.1. The number of halogens is 2. The molecule has 0 bridgehead atoms. The van der Waals surface area contributed by atoms with Crippen LogP contribution >= 0.6 is 11.6 Å². The number of rotatable bonds is 3. The number of hydrogen-bond donors (Lipinski definition) is 0. The van der Waals surface area contributed by atoms with Gasteiger partial charge in [0.15, 0.2) is 5.67 Å². The average molecular weight is 396 g/mol. The third-order valence-corrected chi connectivity index (χ3v) is 5.55. The fourth-order valence-corrected chi connectivity index (χ4v) is 3.93. The lowest BCUT2D eigenvalue weighted by atomic mass is 9.88. The van der Waals surface area contributed by atoms with Crippen LogP contribution in [0.1, 0.15) is 33.6 Å². The molecule has 27 heavy (non-hydrogen) atoms. The third-order valence-electron chi connectivity index (χ3n) is 5.35. The molecule has 0 spiro atoms. The van der Waals surface area contributed by atoms with Gasteiger partial charge in [-0.1, -0.05) is 11.6 Å². The number of carbonyl (C=O) groups excluding carboxylic acids is 1. The molecule has 2 atom stereocenters. The molecule has 3 rings (SSSR count). The molecular weight excluding hydrogens is 373 g/mol. The van der Waals surface area contributed by atoms with E-state index in [1.807, 2.05) is 0 Å². The molecule has 1 aliphatic rings. The Morgan fingerprint density at radius 2 is 2.22 bits per heavy atom. The van der Waals surface area contributed by atoms with Gasteiger partial charge in [0, 0.05) is 18.7 Å². The molecule has 1 fully saturated rings. The van der Waals surface area contributed by atoms with Crippen molar-refractivity contribution in [3.05, 3.63) is 29.5 Å². The van der Waals surface area contributed by atoms with Gasteiger partial charge in [-0.05, 0) is 39.3 Å². The molecular formula is C19H23ClFN3O3. The minimum Gasteiger partial charge on any atom is -0.498 e. The van der Waals surface area contributed by atoms with Crippen molar-refractivity contribution in [2.45, 2.75) is 44.8 Å². The highest BCUT2D eigenvalue weighted by atomic mass is 35.5. The van der Waals surface area contributed by atoms with Crippen LogP contribution in [0.4, 0.5) is 9.18 Å². The van der Waals surface area contributed by atoms with E-state index in [0.29, 0.717) is 23.9 Å².